The Labute approximate surface area is 167 Å². The zero-order valence-electron chi connectivity index (χ0n) is 17.2. The molecule has 2 aliphatic heterocycles. The van der Waals surface area contributed by atoms with E-state index in [1.54, 1.807) is 0 Å². The van der Waals surface area contributed by atoms with Crippen LogP contribution in [0.4, 0.5) is 0 Å². The van der Waals surface area contributed by atoms with Crippen LogP contribution in [0.3, 0.4) is 0 Å². The molecule has 2 fully saturated rings. The number of benzene rings is 1. The summed E-state index contributed by atoms with van der Waals surface area (Å²) in [6.07, 6.45) is 3.47. The van der Waals surface area contributed by atoms with Gasteiger partial charge >= 0.3 is 0 Å². The summed E-state index contributed by atoms with van der Waals surface area (Å²) in [4.78, 5) is 22.1. The van der Waals surface area contributed by atoms with Gasteiger partial charge in [-0.1, -0.05) is 25.1 Å². The van der Waals surface area contributed by atoms with Gasteiger partial charge in [-0.05, 0) is 51.2 Å². The first kappa shape index (κ1) is 19.2. The Bertz CT molecular complexity index is 851. The molecule has 5 nitrogen and oxygen atoms in total. The van der Waals surface area contributed by atoms with Gasteiger partial charge in [-0.15, -0.1) is 0 Å². The smallest absolute Gasteiger partial charge is 0.272 e. The van der Waals surface area contributed by atoms with Crippen molar-refractivity contribution in [3.63, 3.8) is 0 Å². The van der Waals surface area contributed by atoms with Gasteiger partial charge in [0.2, 0.25) is 0 Å². The molecule has 150 valence electrons. The minimum Gasteiger partial charge on any atom is -0.487 e. The molecule has 0 saturated carbocycles. The fourth-order valence-electron chi connectivity index (χ4n) is 4.37. The predicted molar refractivity (Wildman–Crippen MR) is 112 cm³/mol. The van der Waals surface area contributed by atoms with E-state index in [9.17, 15) is 4.79 Å². The Morgan fingerprint density at radius 3 is 2.75 bits per heavy atom. The number of piperidine rings is 1. The lowest BCUT2D eigenvalue weighted by Gasteiger charge is -2.30. The Balaban J connectivity index is 1.56. The second kappa shape index (κ2) is 8.08. The lowest BCUT2D eigenvalue weighted by Crippen LogP contribution is -2.39. The summed E-state index contributed by atoms with van der Waals surface area (Å²) in [6.45, 7) is 10.3. The molecular formula is C23H31N3O2. The minimum absolute atomic E-state index is 0.0371. The number of hydrogen-bond donors (Lipinski definition) is 0. The molecule has 0 N–H and O–H groups in total. The van der Waals surface area contributed by atoms with E-state index >= 15 is 0 Å². The first-order valence-electron chi connectivity index (χ1n) is 10.6. The van der Waals surface area contributed by atoms with Crippen LogP contribution in [0.2, 0.25) is 0 Å². The molecule has 0 spiro atoms. The summed E-state index contributed by atoms with van der Waals surface area (Å²) >= 11 is 0. The zero-order chi connectivity index (χ0) is 19.7. The molecule has 2 unspecified atom stereocenters. The molecule has 0 radical (unpaired) electrons. The topological polar surface area (TPSA) is 45.7 Å². The molecule has 3 heterocycles. The molecule has 1 aromatic heterocycles. The SMILES string of the molecule is CC1CCCN(C(=O)c2ccc3cccc(OC4CCN(C(C)C)C4)c3n2)C1. The summed E-state index contributed by atoms with van der Waals surface area (Å²) in [6, 6.07) is 10.4. The van der Waals surface area contributed by atoms with E-state index in [1.165, 1.54) is 6.42 Å². The number of fused-ring (bicyclic) bond motifs is 1. The number of rotatable bonds is 4. The average Bonchev–Trinajstić information content (AvgIpc) is 3.16. The van der Waals surface area contributed by atoms with Crippen molar-refractivity contribution in [1.29, 1.82) is 0 Å². The first-order chi connectivity index (χ1) is 13.5. The highest BCUT2D eigenvalue weighted by Crippen LogP contribution is 2.28. The fraction of sp³-hybridized carbons (Fsp3) is 0.565. The van der Waals surface area contributed by atoms with E-state index in [2.05, 4.69) is 25.7 Å². The van der Waals surface area contributed by atoms with Crippen molar-refractivity contribution in [2.45, 2.75) is 52.2 Å². The summed E-state index contributed by atoms with van der Waals surface area (Å²) in [5.74, 6) is 1.38. The third-order valence-electron chi connectivity index (χ3n) is 6.05. The fourth-order valence-corrected chi connectivity index (χ4v) is 4.37. The maximum absolute atomic E-state index is 13.0. The minimum atomic E-state index is 0.0371. The monoisotopic (exact) mass is 381 g/mol. The normalized spacial score (nSPS) is 23.5. The van der Waals surface area contributed by atoms with Gasteiger partial charge in [-0.3, -0.25) is 9.69 Å². The van der Waals surface area contributed by atoms with Gasteiger partial charge in [0.05, 0.1) is 0 Å². The first-order valence-corrected chi connectivity index (χ1v) is 10.6. The molecule has 1 aromatic carbocycles. The molecule has 28 heavy (non-hydrogen) atoms. The van der Waals surface area contributed by atoms with Crippen LogP contribution < -0.4 is 4.74 Å². The summed E-state index contributed by atoms with van der Waals surface area (Å²) in [5, 5.41) is 1.01. The van der Waals surface area contributed by atoms with Crippen molar-refractivity contribution in [1.82, 2.24) is 14.8 Å². The molecule has 2 atom stereocenters. The number of carbonyl (C=O) groups excluding carboxylic acids is 1. The van der Waals surface area contributed by atoms with Crippen LogP contribution in [0.5, 0.6) is 5.75 Å². The third-order valence-corrected chi connectivity index (χ3v) is 6.05. The number of amides is 1. The van der Waals surface area contributed by atoms with Gasteiger partial charge in [0.15, 0.2) is 0 Å². The molecule has 0 aliphatic carbocycles. The molecule has 4 rings (SSSR count). The third kappa shape index (κ3) is 4.00. The van der Waals surface area contributed by atoms with Crippen molar-refractivity contribution in [3.8, 4) is 5.75 Å². The quantitative estimate of drug-likeness (QED) is 0.804. The van der Waals surface area contributed by atoms with Crippen molar-refractivity contribution >= 4 is 16.8 Å². The Hall–Kier alpha value is -2.14. The van der Waals surface area contributed by atoms with Crippen molar-refractivity contribution in [3.05, 3.63) is 36.0 Å². The van der Waals surface area contributed by atoms with E-state index in [1.807, 2.05) is 35.2 Å². The van der Waals surface area contributed by atoms with Gasteiger partial charge in [0.1, 0.15) is 23.1 Å². The molecule has 0 bridgehead atoms. The number of nitrogens with zero attached hydrogens (tertiary/aromatic N) is 3. The van der Waals surface area contributed by atoms with Crippen molar-refractivity contribution in [2.75, 3.05) is 26.2 Å². The molecule has 2 aromatic rings. The maximum Gasteiger partial charge on any atom is 0.272 e. The highest BCUT2D eigenvalue weighted by Gasteiger charge is 2.27. The van der Waals surface area contributed by atoms with Crippen LogP contribution in [0, 0.1) is 5.92 Å². The molecular weight excluding hydrogens is 350 g/mol. The van der Waals surface area contributed by atoms with Gasteiger partial charge in [0, 0.05) is 37.6 Å². The van der Waals surface area contributed by atoms with Crippen molar-refractivity contribution in [2.24, 2.45) is 5.92 Å². The van der Waals surface area contributed by atoms with Gasteiger partial charge < -0.3 is 9.64 Å². The maximum atomic E-state index is 13.0. The van der Waals surface area contributed by atoms with Gasteiger partial charge in [-0.2, -0.15) is 0 Å². The number of hydrogen-bond acceptors (Lipinski definition) is 4. The Kier molecular flexibility index (Phi) is 5.54. The molecule has 2 aliphatic rings. The standard InChI is InChI=1S/C23H31N3O2/c1-16(2)25-13-11-19(15-25)28-21-8-4-7-18-9-10-20(24-22(18)21)23(27)26-12-5-6-17(3)14-26/h4,7-10,16-17,19H,5-6,11-15H2,1-3H3. The lowest BCUT2D eigenvalue weighted by atomic mass is 10.00. The van der Waals surface area contributed by atoms with Crippen molar-refractivity contribution < 1.29 is 9.53 Å². The number of carbonyl (C=O) groups is 1. The van der Waals surface area contributed by atoms with Crippen LogP contribution in [-0.4, -0.2) is 59.0 Å². The predicted octanol–water partition coefficient (Wildman–Crippen LogP) is 3.97. The van der Waals surface area contributed by atoms with E-state index in [0.29, 0.717) is 17.7 Å². The number of pyridine rings is 1. The summed E-state index contributed by atoms with van der Waals surface area (Å²) in [7, 11) is 0. The number of aromatic nitrogens is 1. The molecule has 2 saturated heterocycles. The summed E-state index contributed by atoms with van der Waals surface area (Å²) in [5.41, 5.74) is 1.31. The van der Waals surface area contributed by atoms with Crippen LogP contribution >= 0.6 is 0 Å². The van der Waals surface area contributed by atoms with Gasteiger partial charge in [-0.25, -0.2) is 4.98 Å². The number of likely N-dealkylation sites (tertiary alicyclic amines) is 2. The largest absolute Gasteiger partial charge is 0.487 e. The van der Waals surface area contributed by atoms with Gasteiger partial charge in [0.25, 0.3) is 5.91 Å². The van der Waals surface area contributed by atoms with Crippen LogP contribution in [-0.2, 0) is 0 Å². The van der Waals surface area contributed by atoms with E-state index in [4.69, 9.17) is 9.72 Å². The average molecular weight is 382 g/mol. The number of ether oxygens (including phenoxy) is 1. The van der Waals surface area contributed by atoms with E-state index in [-0.39, 0.29) is 12.0 Å². The zero-order valence-corrected chi connectivity index (χ0v) is 17.2. The number of para-hydroxylation sites is 1. The second-order valence-corrected chi connectivity index (χ2v) is 8.64. The van der Waals surface area contributed by atoms with Crippen LogP contribution in [0.25, 0.3) is 10.9 Å². The highest BCUT2D eigenvalue weighted by atomic mass is 16.5. The Morgan fingerprint density at radius 2 is 2.00 bits per heavy atom. The highest BCUT2D eigenvalue weighted by molar-refractivity contribution is 5.96. The van der Waals surface area contributed by atoms with Crippen LogP contribution in [0.15, 0.2) is 30.3 Å². The van der Waals surface area contributed by atoms with E-state index in [0.717, 1.165) is 55.7 Å². The van der Waals surface area contributed by atoms with E-state index < -0.39 is 0 Å². The molecule has 1 amide bonds. The lowest BCUT2D eigenvalue weighted by molar-refractivity contribution is 0.0677. The van der Waals surface area contributed by atoms with Crippen LogP contribution in [0.1, 0.15) is 50.5 Å². The Morgan fingerprint density at radius 1 is 1.14 bits per heavy atom. The molecule has 5 heteroatoms. The second-order valence-electron chi connectivity index (χ2n) is 8.64. The summed E-state index contributed by atoms with van der Waals surface area (Å²) < 4.78 is 6.34.